The number of hydrogen-bond donors (Lipinski definition) is 1. The molecular weight excluding hydrogens is 420 g/mol. The average Bonchev–Trinajstić information content (AvgIpc) is 3.20. The van der Waals surface area contributed by atoms with E-state index in [1.807, 2.05) is 31.2 Å². The Hall–Kier alpha value is -3.40. The number of aromatic nitrogens is 2. The van der Waals surface area contributed by atoms with Gasteiger partial charge in [-0.1, -0.05) is 29.4 Å². The molecule has 1 aromatic heterocycles. The van der Waals surface area contributed by atoms with E-state index >= 15 is 0 Å². The minimum atomic E-state index is -3.35. The first-order valence-corrected chi connectivity index (χ1v) is 11.4. The topological polar surface area (TPSA) is 115 Å². The number of ether oxygens (including phenoxy) is 1. The van der Waals surface area contributed by atoms with Crippen molar-refractivity contribution in [1.82, 2.24) is 15.5 Å². The van der Waals surface area contributed by atoms with E-state index in [1.54, 1.807) is 31.2 Å². The number of carbonyl (C=O) groups is 1. The standard InChI is InChI=1S/C21H24N4O5S/c1-14-7-5-6-8-18(14)20-23-19(30-24-20)13-22-21(26)15(2)29-17-11-9-16(10-12-17)25(3)31(4,27)28/h5-12,15H,13H2,1-4H3,(H,22,26)/t15-/m1/s1. The first-order valence-electron chi connectivity index (χ1n) is 9.52. The molecule has 1 amide bonds. The van der Waals surface area contributed by atoms with Crippen LogP contribution in [0.3, 0.4) is 0 Å². The maximum Gasteiger partial charge on any atom is 0.261 e. The van der Waals surface area contributed by atoms with E-state index in [1.165, 1.54) is 7.05 Å². The molecule has 164 valence electrons. The van der Waals surface area contributed by atoms with Gasteiger partial charge in [0.1, 0.15) is 5.75 Å². The lowest BCUT2D eigenvalue weighted by Gasteiger charge is -2.18. The summed E-state index contributed by atoms with van der Waals surface area (Å²) >= 11 is 0. The molecule has 31 heavy (non-hydrogen) atoms. The Balaban J connectivity index is 1.55. The molecule has 0 spiro atoms. The Morgan fingerprint density at radius 2 is 1.87 bits per heavy atom. The van der Waals surface area contributed by atoms with Crippen molar-refractivity contribution in [3.63, 3.8) is 0 Å². The van der Waals surface area contributed by atoms with Gasteiger partial charge in [-0.05, 0) is 43.7 Å². The third kappa shape index (κ3) is 5.60. The summed E-state index contributed by atoms with van der Waals surface area (Å²) in [5.41, 5.74) is 2.38. The zero-order valence-corrected chi connectivity index (χ0v) is 18.5. The minimum Gasteiger partial charge on any atom is -0.481 e. The second kappa shape index (κ2) is 9.17. The molecule has 10 heteroatoms. The monoisotopic (exact) mass is 444 g/mol. The van der Waals surface area contributed by atoms with Crippen molar-refractivity contribution < 1.29 is 22.5 Å². The fourth-order valence-corrected chi connectivity index (χ4v) is 3.25. The second-order valence-electron chi connectivity index (χ2n) is 7.03. The van der Waals surface area contributed by atoms with Crippen LogP contribution in [0.15, 0.2) is 53.1 Å². The van der Waals surface area contributed by atoms with Gasteiger partial charge in [0.2, 0.25) is 21.7 Å². The van der Waals surface area contributed by atoms with Crippen molar-refractivity contribution in [1.29, 1.82) is 0 Å². The van der Waals surface area contributed by atoms with Crippen molar-refractivity contribution in [2.24, 2.45) is 0 Å². The van der Waals surface area contributed by atoms with Crippen LogP contribution in [0, 0.1) is 6.92 Å². The first-order chi connectivity index (χ1) is 14.6. The molecule has 0 fully saturated rings. The summed E-state index contributed by atoms with van der Waals surface area (Å²) in [7, 11) is -1.89. The number of aryl methyl sites for hydroxylation is 1. The van der Waals surface area contributed by atoms with Crippen molar-refractivity contribution >= 4 is 21.6 Å². The van der Waals surface area contributed by atoms with Gasteiger partial charge in [0.25, 0.3) is 5.91 Å². The summed E-state index contributed by atoms with van der Waals surface area (Å²) < 4.78 is 35.2. The Kier molecular flexibility index (Phi) is 6.59. The molecule has 0 aliphatic heterocycles. The Morgan fingerprint density at radius 3 is 2.52 bits per heavy atom. The largest absolute Gasteiger partial charge is 0.481 e. The molecule has 3 aromatic rings. The van der Waals surface area contributed by atoms with Crippen molar-refractivity contribution in [3.05, 3.63) is 60.0 Å². The third-order valence-corrected chi connectivity index (χ3v) is 5.85. The summed E-state index contributed by atoms with van der Waals surface area (Å²) in [6.45, 7) is 3.64. The Labute approximate surface area is 181 Å². The molecular formula is C21H24N4O5S. The van der Waals surface area contributed by atoms with Crippen LogP contribution in [0.25, 0.3) is 11.4 Å². The van der Waals surface area contributed by atoms with Gasteiger partial charge in [-0.3, -0.25) is 9.10 Å². The van der Waals surface area contributed by atoms with E-state index < -0.39 is 16.1 Å². The minimum absolute atomic E-state index is 0.0729. The van der Waals surface area contributed by atoms with Crippen molar-refractivity contribution in [2.45, 2.75) is 26.5 Å². The molecule has 1 atom stereocenters. The molecule has 3 rings (SSSR count). The average molecular weight is 445 g/mol. The number of anilines is 1. The van der Waals surface area contributed by atoms with Gasteiger partial charge in [0, 0.05) is 12.6 Å². The van der Waals surface area contributed by atoms with Gasteiger partial charge in [-0.25, -0.2) is 8.42 Å². The molecule has 0 aliphatic rings. The number of nitrogens with zero attached hydrogens (tertiary/aromatic N) is 3. The molecule has 2 aromatic carbocycles. The predicted molar refractivity (Wildman–Crippen MR) is 116 cm³/mol. The smallest absolute Gasteiger partial charge is 0.261 e. The van der Waals surface area contributed by atoms with Crippen LogP contribution in [-0.4, -0.2) is 43.9 Å². The molecule has 9 nitrogen and oxygen atoms in total. The number of rotatable bonds is 8. The summed E-state index contributed by atoms with van der Waals surface area (Å²) in [5, 5.41) is 6.66. The highest BCUT2D eigenvalue weighted by Crippen LogP contribution is 2.21. The van der Waals surface area contributed by atoms with Crippen LogP contribution in [0.5, 0.6) is 5.75 Å². The van der Waals surface area contributed by atoms with Crippen LogP contribution in [-0.2, 0) is 21.4 Å². The van der Waals surface area contributed by atoms with Crippen molar-refractivity contribution in [3.8, 4) is 17.1 Å². The lowest BCUT2D eigenvalue weighted by molar-refractivity contribution is -0.127. The highest BCUT2D eigenvalue weighted by molar-refractivity contribution is 7.92. The molecule has 0 aliphatic carbocycles. The SMILES string of the molecule is Cc1ccccc1-c1noc(CNC(=O)[C@@H](C)Oc2ccc(N(C)S(C)(=O)=O)cc2)n1. The van der Waals surface area contributed by atoms with Crippen LogP contribution in [0.1, 0.15) is 18.4 Å². The summed E-state index contributed by atoms with van der Waals surface area (Å²) in [6, 6.07) is 14.1. The Bertz CT molecular complexity index is 1160. The molecule has 0 radical (unpaired) electrons. The van der Waals surface area contributed by atoms with Gasteiger partial charge in [-0.2, -0.15) is 4.98 Å². The Morgan fingerprint density at radius 1 is 1.19 bits per heavy atom. The maximum absolute atomic E-state index is 12.3. The molecule has 0 bridgehead atoms. The highest BCUT2D eigenvalue weighted by atomic mass is 32.2. The van der Waals surface area contributed by atoms with Gasteiger partial charge in [-0.15, -0.1) is 0 Å². The molecule has 1 N–H and O–H groups in total. The summed E-state index contributed by atoms with van der Waals surface area (Å²) in [6.07, 6.45) is 0.342. The quantitative estimate of drug-likeness (QED) is 0.568. The first kappa shape index (κ1) is 22.3. The van der Waals surface area contributed by atoms with E-state index in [9.17, 15) is 13.2 Å². The number of carbonyl (C=O) groups excluding carboxylic acids is 1. The highest BCUT2D eigenvalue weighted by Gasteiger charge is 2.17. The van der Waals surface area contributed by atoms with E-state index in [0.717, 1.165) is 21.7 Å². The van der Waals surface area contributed by atoms with Gasteiger partial charge >= 0.3 is 0 Å². The van der Waals surface area contributed by atoms with Gasteiger partial charge in [0.05, 0.1) is 18.5 Å². The van der Waals surface area contributed by atoms with E-state index in [2.05, 4.69) is 15.5 Å². The number of amides is 1. The normalized spacial score (nSPS) is 12.3. The number of nitrogens with one attached hydrogen (secondary N) is 1. The number of benzene rings is 2. The van der Waals surface area contributed by atoms with Crippen LogP contribution in [0.2, 0.25) is 0 Å². The fourth-order valence-electron chi connectivity index (χ4n) is 2.75. The van der Waals surface area contributed by atoms with Crippen molar-refractivity contribution in [2.75, 3.05) is 17.6 Å². The van der Waals surface area contributed by atoms with Crippen LogP contribution < -0.4 is 14.4 Å². The lowest BCUT2D eigenvalue weighted by atomic mass is 10.1. The molecule has 0 saturated carbocycles. The predicted octanol–water partition coefficient (Wildman–Crippen LogP) is 2.52. The second-order valence-corrected chi connectivity index (χ2v) is 9.04. The summed E-state index contributed by atoms with van der Waals surface area (Å²) in [5.74, 6) is 0.832. The molecule has 1 heterocycles. The molecule has 0 unspecified atom stereocenters. The van der Waals surface area contributed by atoms with Crippen LogP contribution in [0.4, 0.5) is 5.69 Å². The summed E-state index contributed by atoms with van der Waals surface area (Å²) in [4.78, 5) is 16.7. The third-order valence-electron chi connectivity index (χ3n) is 4.65. The van der Waals surface area contributed by atoms with E-state index in [-0.39, 0.29) is 18.3 Å². The maximum atomic E-state index is 12.3. The zero-order valence-electron chi connectivity index (χ0n) is 17.7. The van der Waals surface area contributed by atoms with E-state index in [0.29, 0.717) is 17.3 Å². The number of hydrogen-bond acceptors (Lipinski definition) is 7. The van der Waals surface area contributed by atoms with Gasteiger partial charge < -0.3 is 14.6 Å². The molecule has 0 saturated heterocycles. The van der Waals surface area contributed by atoms with Crippen LogP contribution >= 0.6 is 0 Å². The van der Waals surface area contributed by atoms with Gasteiger partial charge in [0.15, 0.2) is 6.10 Å². The fraction of sp³-hybridized carbons (Fsp3) is 0.286. The zero-order chi connectivity index (χ0) is 22.6. The number of sulfonamides is 1. The lowest BCUT2D eigenvalue weighted by Crippen LogP contribution is -2.36. The van der Waals surface area contributed by atoms with E-state index in [4.69, 9.17) is 9.26 Å².